The fourth-order valence-corrected chi connectivity index (χ4v) is 14.0. The summed E-state index contributed by atoms with van der Waals surface area (Å²) < 4.78 is 7.70. The third-order valence-corrected chi connectivity index (χ3v) is 19.0. The van der Waals surface area contributed by atoms with E-state index in [0.29, 0.717) is 0 Å². The smallest absolute Gasteiger partial charge is 0.297 e. The second-order valence-corrected chi connectivity index (χ2v) is 27.9. The molecule has 0 unspecified atom stereocenters. The normalized spacial score (nSPS) is 20.4. The summed E-state index contributed by atoms with van der Waals surface area (Å²) >= 11 is 0. The van der Waals surface area contributed by atoms with E-state index in [0.717, 1.165) is 36.9 Å². The van der Waals surface area contributed by atoms with E-state index in [2.05, 4.69) is 224 Å². The molecular weight excluding hydrogens is 860 g/mol. The molecule has 364 valence electrons. The fraction of sp³-hybridized carbons (Fsp3) is 0.433. The number of benzene rings is 6. The van der Waals surface area contributed by atoms with Gasteiger partial charge in [0.1, 0.15) is 5.58 Å². The summed E-state index contributed by atoms with van der Waals surface area (Å²) in [6.07, 6.45) is 6.98. The number of rotatable bonds is 3. The van der Waals surface area contributed by atoms with Gasteiger partial charge in [0.15, 0.2) is 0 Å². The highest BCUT2D eigenvalue weighted by Crippen LogP contribution is 2.56. The van der Waals surface area contributed by atoms with Crippen LogP contribution in [0.1, 0.15) is 187 Å². The van der Waals surface area contributed by atoms with E-state index in [1.54, 1.807) is 0 Å². The molecule has 71 heavy (non-hydrogen) atoms. The molecule has 0 fully saturated rings. The van der Waals surface area contributed by atoms with Crippen LogP contribution in [-0.4, -0.2) is 6.71 Å². The van der Waals surface area contributed by atoms with Gasteiger partial charge < -0.3 is 14.2 Å². The van der Waals surface area contributed by atoms with Gasteiger partial charge in [0.25, 0.3) is 6.71 Å². The second-order valence-electron chi connectivity index (χ2n) is 27.9. The average Bonchev–Trinajstić information content (AvgIpc) is 3.68. The van der Waals surface area contributed by atoms with E-state index in [1.807, 2.05) is 0 Å². The van der Waals surface area contributed by atoms with Gasteiger partial charge in [-0.2, -0.15) is 0 Å². The molecular formula is C67H77BN2O. The van der Waals surface area contributed by atoms with Crippen molar-refractivity contribution in [1.29, 1.82) is 0 Å². The second kappa shape index (κ2) is 14.8. The molecule has 0 saturated heterocycles. The monoisotopic (exact) mass is 937 g/mol. The van der Waals surface area contributed by atoms with Gasteiger partial charge in [0.05, 0.1) is 17.0 Å². The molecule has 2 aliphatic heterocycles. The molecule has 3 aliphatic carbocycles. The molecule has 3 heterocycles. The molecule has 7 aromatic rings. The first kappa shape index (κ1) is 46.6. The molecule has 5 aliphatic rings. The maximum absolute atomic E-state index is 7.70. The molecule has 0 bridgehead atoms. The number of fused-ring (bicyclic) bond motifs is 9. The highest BCUT2D eigenvalue weighted by atomic mass is 16.3. The molecule has 6 aromatic carbocycles. The van der Waals surface area contributed by atoms with Crippen LogP contribution in [0.4, 0.5) is 34.1 Å². The van der Waals surface area contributed by atoms with Crippen LogP contribution in [0.3, 0.4) is 0 Å². The maximum Gasteiger partial charge on any atom is 0.297 e. The number of hydrogen-bond acceptors (Lipinski definition) is 3. The van der Waals surface area contributed by atoms with Crippen molar-refractivity contribution in [3.63, 3.8) is 0 Å². The Morgan fingerprint density at radius 1 is 0.479 bits per heavy atom. The van der Waals surface area contributed by atoms with Crippen molar-refractivity contribution in [3.05, 3.63) is 148 Å². The largest absolute Gasteiger partial charge is 0.468 e. The Morgan fingerprint density at radius 2 is 1.00 bits per heavy atom. The van der Waals surface area contributed by atoms with Crippen molar-refractivity contribution in [2.24, 2.45) is 0 Å². The first-order valence-corrected chi connectivity index (χ1v) is 27.1. The molecule has 4 heteroatoms. The van der Waals surface area contributed by atoms with Gasteiger partial charge in [-0.3, -0.25) is 0 Å². The lowest BCUT2D eigenvalue weighted by Crippen LogP contribution is -2.61. The van der Waals surface area contributed by atoms with Crippen LogP contribution in [-0.2, 0) is 37.9 Å². The highest BCUT2D eigenvalue weighted by Gasteiger charge is 2.50. The lowest BCUT2D eigenvalue weighted by atomic mass is 9.35. The van der Waals surface area contributed by atoms with Crippen LogP contribution in [0.2, 0.25) is 0 Å². The summed E-state index contributed by atoms with van der Waals surface area (Å²) in [5, 5.41) is 1.22. The summed E-state index contributed by atoms with van der Waals surface area (Å²) in [5.74, 6) is 0. The minimum atomic E-state index is -0.147. The van der Waals surface area contributed by atoms with Crippen LogP contribution in [0, 0.1) is 6.92 Å². The standard InChI is InChI=1S/C67H77BN2O/c1-40-22-25-53-52(32-40)68-58-55(33-42(61(2,3)4)34-56(58)70(53)54-38-50-48(64(9,10)28-30-66(50,13)14)36-44(54)41-20-18-17-19-21-41)69(43-23-24-46-47(35-43)63(7,8)27-26-62(46,5)6)59-45-37-49-51(39-57(45)71-60(59)68)67(15,16)31-29-65(49,11)12/h17-25,32-39H,26-31H2,1-16H3. The molecule has 0 saturated carbocycles. The Labute approximate surface area is 426 Å². The lowest BCUT2D eigenvalue weighted by molar-refractivity contribution is 0.332. The number of aryl methyl sites for hydroxylation is 1. The Balaban J connectivity index is 1.24. The summed E-state index contributed by atoms with van der Waals surface area (Å²) in [6, 6.07) is 41.3. The van der Waals surface area contributed by atoms with Crippen LogP contribution in [0.15, 0.2) is 108 Å². The van der Waals surface area contributed by atoms with Gasteiger partial charge in [-0.25, -0.2) is 0 Å². The van der Waals surface area contributed by atoms with Crippen molar-refractivity contribution in [1.82, 2.24) is 0 Å². The lowest BCUT2D eigenvalue weighted by Gasteiger charge is -2.46. The predicted octanol–water partition coefficient (Wildman–Crippen LogP) is 16.8. The molecule has 3 nitrogen and oxygen atoms in total. The SMILES string of the molecule is Cc1ccc2c(c1)B1c3oc4cc5c(cc4c3N(c3ccc4c(c3)C(C)(C)CCC4(C)C)c3cc(C(C)(C)C)cc(c31)N2c1cc2c(cc1-c1ccccc1)C(C)(C)CCC2(C)C)C(C)(C)CCC5(C)C. The van der Waals surface area contributed by atoms with Crippen LogP contribution in [0.5, 0.6) is 0 Å². The van der Waals surface area contributed by atoms with E-state index < -0.39 is 0 Å². The summed E-state index contributed by atoms with van der Waals surface area (Å²) in [5.41, 5.74) is 26.1. The minimum absolute atomic E-state index is 0.0208. The van der Waals surface area contributed by atoms with Crippen molar-refractivity contribution < 1.29 is 4.42 Å². The zero-order valence-corrected chi connectivity index (χ0v) is 45.9. The van der Waals surface area contributed by atoms with E-state index in [9.17, 15) is 0 Å². The van der Waals surface area contributed by atoms with Gasteiger partial charge in [-0.05, 0) is 193 Å². The summed E-state index contributed by atoms with van der Waals surface area (Å²) in [6.45, 7) is 38.8. The van der Waals surface area contributed by atoms with Crippen molar-refractivity contribution in [3.8, 4) is 11.1 Å². The van der Waals surface area contributed by atoms with E-state index in [-0.39, 0.29) is 44.6 Å². The van der Waals surface area contributed by atoms with E-state index >= 15 is 0 Å². The minimum Gasteiger partial charge on any atom is -0.468 e. The summed E-state index contributed by atoms with van der Waals surface area (Å²) in [7, 11) is 0. The molecule has 0 spiro atoms. The molecule has 0 atom stereocenters. The van der Waals surface area contributed by atoms with Crippen LogP contribution >= 0.6 is 0 Å². The van der Waals surface area contributed by atoms with Crippen LogP contribution < -0.4 is 26.4 Å². The Hall–Kier alpha value is -5.48. The number of nitrogens with zero attached hydrogens (tertiary/aromatic N) is 2. The fourth-order valence-electron chi connectivity index (χ4n) is 14.0. The Kier molecular flexibility index (Phi) is 9.73. The third-order valence-electron chi connectivity index (χ3n) is 19.0. The Morgan fingerprint density at radius 3 is 1.59 bits per heavy atom. The van der Waals surface area contributed by atoms with Gasteiger partial charge in [-0.1, -0.05) is 158 Å². The Bertz CT molecular complexity index is 3390. The van der Waals surface area contributed by atoms with Gasteiger partial charge in [0.2, 0.25) is 0 Å². The number of furan rings is 1. The molecule has 0 N–H and O–H groups in total. The molecule has 0 radical (unpaired) electrons. The third kappa shape index (κ3) is 6.88. The topological polar surface area (TPSA) is 19.6 Å². The van der Waals surface area contributed by atoms with Gasteiger partial charge >= 0.3 is 0 Å². The van der Waals surface area contributed by atoms with Crippen molar-refractivity contribution in [2.45, 2.75) is 187 Å². The van der Waals surface area contributed by atoms with Gasteiger partial charge in [0, 0.05) is 33.7 Å². The zero-order valence-electron chi connectivity index (χ0n) is 45.9. The van der Waals surface area contributed by atoms with Crippen molar-refractivity contribution in [2.75, 3.05) is 9.80 Å². The molecule has 1 aromatic heterocycles. The quantitative estimate of drug-likeness (QED) is 0.165. The van der Waals surface area contributed by atoms with E-state index in [4.69, 9.17) is 4.42 Å². The summed E-state index contributed by atoms with van der Waals surface area (Å²) in [4.78, 5) is 5.36. The predicted molar refractivity (Wildman–Crippen MR) is 305 cm³/mol. The highest BCUT2D eigenvalue weighted by molar-refractivity contribution is 7.00. The average molecular weight is 937 g/mol. The van der Waals surface area contributed by atoms with Crippen molar-refractivity contribution >= 4 is 68.4 Å². The van der Waals surface area contributed by atoms with Crippen LogP contribution in [0.25, 0.3) is 22.1 Å². The first-order chi connectivity index (χ1) is 33.2. The zero-order chi connectivity index (χ0) is 50.3. The molecule has 0 amide bonds. The first-order valence-electron chi connectivity index (χ1n) is 27.1. The maximum atomic E-state index is 7.70. The van der Waals surface area contributed by atoms with E-state index in [1.165, 1.54) is 119 Å². The number of hydrogen-bond donors (Lipinski definition) is 0. The van der Waals surface area contributed by atoms with Gasteiger partial charge in [-0.15, -0.1) is 0 Å². The number of anilines is 6. The molecule has 12 rings (SSSR count).